The summed E-state index contributed by atoms with van der Waals surface area (Å²) >= 11 is 3.52. The van der Waals surface area contributed by atoms with Gasteiger partial charge in [0.05, 0.1) is 7.11 Å². The lowest BCUT2D eigenvalue weighted by atomic mass is 9.87. The summed E-state index contributed by atoms with van der Waals surface area (Å²) in [5, 5.41) is 0. The van der Waals surface area contributed by atoms with E-state index in [-0.39, 0.29) is 6.04 Å². The zero-order valence-electron chi connectivity index (χ0n) is 12.3. The maximum absolute atomic E-state index is 6.42. The summed E-state index contributed by atoms with van der Waals surface area (Å²) in [6.07, 6.45) is 5.71. The van der Waals surface area contributed by atoms with Gasteiger partial charge in [-0.2, -0.15) is 0 Å². The predicted molar refractivity (Wildman–Crippen MR) is 85.7 cm³/mol. The first-order chi connectivity index (χ1) is 9.12. The molecule has 0 aromatic heterocycles. The number of ether oxygens (including phenoxy) is 1. The van der Waals surface area contributed by atoms with Gasteiger partial charge in [-0.15, -0.1) is 0 Å². The molecule has 3 heteroatoms. The van der Waals surface area contributed by atoms with Gasteiger partial charge in [0.2, 0.25) is 0 Å². The summed E-state index contributed by atoms with van der Waals surface area (Å²) < 4.78 is 6.51. The van der Waals surface area contributed by atoms with Crippen LogP contribution in [0.4, 0.5) is 0 Å². The lowest BCUT2D eigenvalue weighted by molar-refractivity contribution is 0.353. The first kappa shape index (κ1) is 16.5. The van der Waals surface area contributed by atoms with Gasteiger partial charge in [0.25, 0.3) is 0 Å². The van der Waals surface area contributed by atoms with Crippen molar-refractivity contribution in [2.75, 3.05) is 7.11 Å². The third kappa shape index (κ3) is 5.15. The Morgan fingerprint density at radius 1 is 1.21 bits per heavy atom. The molecule has 1 aromatic carbocycles. The second-order valence-electron chi connectivity index (χ2n) is 5.16. The molecule has 1 rings (SSSR count). The van der Waals surface area contributed by atoms with E-state index in [4.69, 9.17) is 10.5 Å². The van der Waals surface area contributed by atoms with Crippen molar-refractivity contribution < 1.29 is 4.74 Å². The van der Waals surface area contributed by atoms with Crippen LogP contribution >= 0.6 is 15.9 Å². The zero-order chi connectivity index (χ0) is 14.3. The first-order valence-corrected chi connectivity index (χ1v) is 7.99. The quantitative estimate of drug-likeness (QED) is 0.760. The molecule has 0 fully saturated rings. The van der Waals surface area contributed by atoms with Crippen molar-refractivity contribution in [3.8, 4) is 5.75 Å². The van der Waals surface area contributed by atoms with Crippen LogP contribution in [0, 0.1) is 5.92 Å². The van der Waals surface area contributed by atoms with Crippen LogP contribution in [-0.4, -0.2) is 13.2 Å². The third-order valence-corrected chi connectivity index (χ3v) is 4.12. The van der Waals surface area contributed by atoms with E-state index >= 15 is 0 Å². The molecule has 0 aliphatic heterocycles. The van der Waals surface area contributed by atoms with Crippen LogP contribution in [0.25, 0.3) is 0 Å². The highest BCUT2D eigenvalue weighted by atomic mass is 79.9. The molecule has 0 bridgehead atoms. The largest absolute Gasteiger partial charge is 0.496 e. The Labute approximate surface area is 125 Å². The number of nitrogens with two attached hydrogens (primary N) is 1. The van der Waals surface area contributed by atoms with Crippen molar-refractivity contribution in [3.05, 3.63) is 28.2 Å². The van der Waals surface area contributed by atoms with Crippen LogP contribution in [0.1, 0.15) is 45.1 Å². The number of benzene rings is 1. The fraction of sp³-hybridized carbons (Fsp3) is 0.625. The van der Waals surface area contributed by atoms with Gasteiger partial charge in [-0.05, 0) is 48.9 Å². The Kier molecular flexibility index (Phi) is 7.47. The van der Waals surface area contributed by atoms with Gasteiger partial charge in [-0.25, -0.2) is 0 Å². The van der Waals surface area contributed by atoms with Crippen molar-refractivity contribution in [1.29, 1.82) is 0 Å². The molecule has 19 heavy (non-hydrogen) atoms. The van der Waals surface area contributed by atoms with E-state index in [1.54, 1.807) is 7.11 Å². The van der Waals surface area contributed by atoms with Crippen LogP contribution < -0.4 is 10.5 Å². The van der Waals surface area contributed by atoms with Crippen molar-refractivity contribution in [2.45, 2.75) is 52.0 Å². The third-order valence-electron chi connectivity index (χ3n) is 3.62. The summed E-state index contributed by atoms with van der Waals surface area (Å²) in [6, 6.07) is 6.33. The Balaban J connectivity index is 2.78. The summed E-state index contributed by atoms with van der Waals surface area (Å²) in [5.41, 5.74) is 7.62. The second-order valence-corrected chi connectivity index (χ2v) is 6.08. The fourth-order valence-electron chi connectivity index (χ4n) is 2.64. The van der Waals surface area contributed by atoms with E-state index in [0.29, 0.717) is 5.92 Å². The number of hydrogen-bond acceptors (Lipinski definition) is 2. The van der Waals surface area contributed by atoms with Crippen LogP contribution in [0.15, 0.2) is 22.7 Å². The van der Waals surface area contributed by atoms with E-state index in [2.05, 4.69) is 35.8 Å². The molecule has 2 nitrogen and oxygen atoms in total. The Hall–Kier alpha value is -0.540. The number of hydrogen-bond donors (Lipinski definition) is 1. The molecule has 0 aliphatic carbocycles. The minimum absolute atomic E-state index is 0.211. The van der Waals surface area contributed by atoms with E-state index < -0.39 is 0 Å². The van der Waals surface area contributed by atoms with Crippen LogP contribution in [0.5, 0.6) is 5.75 Å². The maximum Gasteiger partial charge on any atom is 0.122 e. The zero-order valence-corrected chi connectivity index (χ0v) is 13.9. The van der Waals surface area contributed by atoms with E-state index in [0.717, 1.165) is 16.6 Å². The van der Waals surface area contributed by atoms with Gasteiger partial charge in [0.1, 0.15) is 5.75 Å². The molecule has 0 saturated carbocycles. The van der Waals surface area contributed by atoms with Gasteiger partial charge in [0, 0.05) is 10.5 Å². The molecule has 1 aromatic rings. The summed E-state index contributed by atoms with van der Waals surface area (Å²) in [4.78, 5) is 0. The second kappa shape index (κ2) is 8.60. The fourth-order valence-corrected chi connectivity index (χ4v) is 3.05. The van der Waals surface area contributed by atoms with E-state index in [1.165, 1.54) is 31.2 Å². The molecule has 1 atom stereocenters. The van der Waals surface area contributed by atoms with E-state index in [1.807, 2.05) is 12.1 Å². The Bertz CT molecular complexity index is 375. The van der Waals surface area contributed by atoms with Gasteiger partial charge in [-0.3, -0.25) is 0 Å². The molecule has 0 amide bonds. The number of halogens is 1. The molecule has 0 saturated heterocycles. The molecular formula is C16H26BrNO. The number of rotatable bonds is 8. The highest BCUT2D eigenvalue weighted by molar-refractivity contribution is 9.10. The molecule has 0 radical (unpaired) electrons. The highest BCUT2D eigenvalue weighted by Gasteiger charge is 2.18. The Morgan fingerprint density at radius 2 is 1.84 bits per heavy atom. The van der Waals surface area contributed by atoms with Crippen molar-refractivity contribution in [3.63, 3.8) is 0 Å². The normalized spacial score (nSPS) is 12.7. The summed E-state index contributed by atoms with van der Waals surface area (Å²) in [7, 11) is 1.72. The van der Waals surface area contributed by atoms with Crippen LogP contribution in [-0.2, 0) is 6.42 Å². The summed E-state index contributed by atoms with van der Waals surface area (Å²) in [6.45, 7) is 4.46. The molecule has 0 aliphatic rings. The lowest BCUT2D eigenvalue weighted by Crippen LogP contribution is -2.32. The monoisotopic (exact) mass is 327 g/mol. The maximum atomic E-state index is 6.42. The van der Waals surface area contributed by atoms with Crippen molar-refractivity contribution >= 4 is 15.9 Å². The minimum Gasteiger partial charge on any atom is -0.496 e. The van der Waals surface area contributed by atoms with Crippen molar-refractivity contribution in [1.82, 2.24) is 0 Å². The minimum atomic E-state index is 0.211. The van der Waals surface area contributed by atoms with Gasteiger partial charge >= 0.3 is 0 Å². The number of methoxy groups -OCH3 is 1. The first-order valence-electron chi connectivity index (χ1n) is 7.20. The predicted octanol–water partition coefficient (Wildman–Crippen LogP) is 4.54. The SMILES string of the molecule is CCCC(CCC)C(N)Cc1cc(Br)ccc1OC. The standard InChI is InChI=1S/C16H26BrNO/c1-4-6-12(7-5-2)15(18)11-13-10-14(17)8-9-16(13)19-3/h8-10,12,15H,4-7,11,18H2,1-3H3. The van der Waals surface area contributed by atoms with Gasteiger partial charge in [0.15, 0.2) is 0 Å². The molecule has 2 N–H and O–H groups in total. The van der Waals surface area contributed by atoms with E-state index in [9.17, 15) is 0 Å². The summed E-state index contributed by atoms with van der Waals surface area (Å²) in [5.74, 6) is 1.55. The Morgan fingerprint density at radius 3 is 2.37 bits per heavy atom. The molecule has 108 valence electrons. The topological polar surface area (TPSA) is 35.2 Å². The average Bonchev–Trinajstić information content (AvgIpc) is 2.38. The lowest BCUT2D eigenvalue weighted by Gasteiger charge is -2.24. The molecular weight excluding hydrogens is 302 g/mol. The van der Waals surface area contributed by atoms with Crippen LogP contribution in [0.2, 0.25) is 0 Å². The molecule has 0 heterocycles. The van der Waals surface area contributed by atoms with Crippen molar-refractivity contribution in [2.24, 2.45) is 11.7 Å². The smallest absolute Gasteiger partial charge is 0.122 e. The van der Waals surface area contributed by atoms with Crippen LogP contribution in [0.3, 0.4) is 0 Å². The molecule has 1 unspecified atom stereocenters. The average molecular weight is 328 g/mol. The van der Waals surface area contributed by atoms with Gasteiger partial charge in [-0.1, -0.05) is 42.6 Å². The molecule has 0 spiro atoms. The van der Waals surface area contributed by atoms with Gasteiger partial charge < -0.3 is 10.5 Å². The highest BCUT2D eigenvalue weighted by Crippen LogP contribution is 2.27.